The quantitative estimate of drug-likeness (QED) is 0.593. The van der Waals surface area contributed by atoms with Crippen molar-refractivity contribution in [3.05, 3.63) is 53.1 Å². The van der Waals surface area contributed by atoms with Gasteiger partial charge in [-0.3, -0.25) is 9.59 Å². The number of likely N-dealkylation sites (N-methyl/N-ethyl adjacent to an activating group) is 1. The number of amides is 2. The van der Waals surface area contributed by atoms with Gasteiger partial charge < -0.3 is 15.6 Å². The van der Waals surface area contributed by atoms with Crippen LogP contribution in [0.5, 0.6) is 0 Å². The van der Waals surface area contributed by atoms with Gasteiger partial charge in [-0.05, 0) is 26.0 Å². The zero-order valence-corrected chi connectivity index (χ0v) is 14.0. The summed E-state index contributed by atoms with van der Waals surface area (Å²) in [5, 5.41) is 10.5. The van der Waals surface area contributed by atoms with Gasteiger partial charge in [0.05, 0.1) is 16.3 Å². The van der Waals surface area contributed by atoms with Crippen molar-refractivity contribution in [2.24, 2.45) is 0 Å². The van der Waals surface area contributed by atoms with Gasteiger partial charge in [-0.2, -0.15) is 0 Å². The zero-order valence-electron chi connectivity index (χ0n) is 13.2. The first kappa shape index (κ1) is 18.6. The smallest absolute Gasteiger partial charge is 0.256 e. The molecule has 0 bridgehead atoms. The van der Waals surface area contributed by atoms with Crippen LogP contribution in [-0.4, -0.2) is 36.0 Å². The Balaban J connectivity index is 2.84. The molecule has 0 aliphatic heterocycles. The number of halogens is 1. The van der Waals surface area contributed by atoms with Crippen molar-refractivity contribution < 1.29 is 9.59 Å². The van der Waals surface area contributed by atoms with E-state index >= 15 is 0 Å². The fourth-order valence-electron chi connectivity index (χ4n) is 1.81. The molecule has 23 heavy (non-hydrogen) atoms. The molecule has 0 saturated heterocycles. The summed E-state index contributed by atoms with van der Waals surface area (Å²) >= 11 is 5.99. The summed E-state index contributed by atoms with van der Waals surface area (Å²) < 4.78 is 0. The van der Waals surface area contributed by atoms with Crippen LogP contribution in [0.1, 0.15) is 13.8 Å². The molecule has 0 heterocycles. The first-order valence-electron chi connectivity index (χ1n) is 7.12. The van der Waals surface area contributed by atoms with Crippen LogP contribution in [0.4, 0.5) is 5.69 Å². The molecule has 0 aromatic heterocycles. The third-order valence-corrected chi connectivity index (χ3v) is 3.43. The highest BCUT2D eigenvalue weighted by Gasteiger charge is 2.13. The van der Waals surface area contributed by atoms with Crippen molar-refractivity contribution in [3.8, 4) is 0 Å². The lowest BCUT2D eigenvalue weighted by atomic mass is 10.2. The van der Waals surface area contributed by atoms with E-state index in [0.29, 0.717) is 22.8 Å². The molecule has 0 spiro atoms. The van der Waals surface area contributed by atoms with Crippen LogP contribution in [-0.2, 0) is 9.59 Å². The van der Waals surface area contributed by atoms with E-state index in [1.807, 2.05) is 6.92 Å². The van der Waals surface area contributed by atoms with Gasteiger partial charge in [0.15, 0.2) is 0 Å². The molecule has 1 aromatic rings. The fraction of sp³-hybridized carbons (Fsp3) is 0.235. The van der Waals surface area contributed by atoms with E-state index in [1.54, 1.807) is 31.2 Å². The SMILES string of the molecule is C=C(C)C(=O)N(CC)CC=C(C=N)C(=O)Nc1ccccc1Cl. The summed E-state index contributed by atoms with van der Waals surface area (Å²) in [6.45, 7) is 7.80. The maximum atomic E-state index is 12.2. The number of hydrogen-bond acceptors (Lipinski definition) is 3. The summed E-state index contributed by atoms with van der Waals surface area (Å²) in [7, 11) is 0. The Morgan fingerprint density at radius 2 is 2.04 bits per heavy atom. The van der Waals surface area contributed by atoms with Crippen LogP contribution < -0.4 is 5.32 Å². The summed E-state index contributed by atoms with van der Waals surface area (Å²) in [6.07, 6.45) is 2.48. The molecule has 2 amide bonds. The number of benzene rings is 1. The van der Waals surface area contributed by atoms with Gasteiger partial charge in [0, 0.05) is 24.9 Å². The summed E-state index contributed by atoms with van der Waals surface area (Å²) in [4.78, 5) is 25.6. The number of carbonyl (C=O) groups excluding carboxylic acids is 2. The average Bonchev–Trinajstić information content (AvgIpc) is 2.53. The number of carbonyl (C=O) groups is 2. The maximum Gasteiger partial charge on any atom is 0.256 e. The van der Waals surface area contributed by atoms with Crippen LogP contribution in [0.3, 0.4) is 0 Å². The Bertz CT molecular complexity index is 653. The Morgan fingerprint density at radius 3 is 2.57 bits per heavy atom. The lowest BCUT2D eigenvalue weighted by molar-refractivity contribution is -0.126. The Kier molecular flexibility index (Phi) is 7.22. The molecule has 0 atom stereocenters. The molecule has 0 fully saturated rings. The van der Waals surface area contributed by atoms with Crippen molar-refractivity contribution in [2.45, 2.75) is 13.8 Å². The molecule has 0 saturated carbocycles. The second-order valence-electron chi connectivity index (χ2n) is 4.86. The highest BCUT2D eigenvalue weighted by atomic mass is 35.5. The maximum absolute atomic E-state index is 12.2. The topological polar surface area (TPSA) is 73.3 Å². The second-order valence-corrected chi connectivity index (χ2v) is 5.27. The molecule has 0 aliphatic carbocycles. The van der Waals surface area contributed by atoms with Gasteiger partial charge in [0.2, 0.25) is 5.91 Å². The summed E-state index contributed by atoms with van der Waals surface area (Å²) in [5.74, 6) is -0.633. The molecule has 0 unspecified atom stereocenters. The molecule has 2 N–H and O–H groups in total. The largest absolute Gasteiger partial charge is 0.335 e. The third-order valence-electron chi connectivity index (χ3n) is 3.11. The fourth-order valence-corrected chi connectivity index (χ4v) is 1.99. The molecule has 1 aromatic carbocycles. The van der Waals surface area contributed by atoms with Crippen molar-refractivity contribution in [3.63, 3.8) is 0 Å². The van der Waals surface area contributed by atoms with Gasteiger partial charge >= 0.3 is 0 Å². The van der Waals surface area contributed by atoms with Crippen LogP contribution >= 0.6 is 11.6 Å². The highest BCUT2D eigenvalue weighted by molar-refractivity contribution is 6.34. The van der Waals surface area contributed by atoms with E-state index in [9.17, 15) is 9.59 Å². The van der Waals surface area contributed by atoms with E-state index < -0.39 is 5.91 Å². The van der Waals surface area contributed by atoms with Crippen molar-refractivity contribution in [2.75, 3.05) is 18.4 Å². The van der Waals surface area contributed by atoms with E-state index in [2.05, 4.69) is 11.9 Å². The number of rotatable bonds is 7. The van der Waals surface area contributed by atoms with Crippen molar-refractivity contribution in [1.29, 1.82) is 5.41 Å². The van der Waals surface area contributed by atoms with Gasteiger partial charge in [-0.15, -0.1) is 0 Å². The minimum absolute atomic E-state index is 0.151. The van der Waals surface area contributed by atoms with E-state index in [0.717, 1.165) is 6.21 Å². The first-order chi connectivity index (χ1) is 10.9. The molecule has 5 nitrogen and oxygen atoms in total. The summed E-state index contributed by atoms with van der Waals surface area (Å²) in [5.41, 5.74) is 1.05. The molecule has 0 aliphatic rings. The molecular formula is C17H20ClN3O2. The number of para-hydroxylation sites is 1. The Hall–Kier alpha value is -2.40. The summed E-state index contributed by atoms with van der Waals surface area (Å²) in [6, 6.07) is 6.84. The van der Waals surface area contributed by atoms with E-state index in [4.69, 9.17) is 17.0 Å². The van der Waals surface area contributed by atoms with Gasteiger partial charge in [0.25, 0.3) is 5.91 Å². The van der Waals surface area contributed by atoms with Gasteiger partial charge in [-0.1, -0.05) is 36.4 Å². The Morgan fingerprint density at radius 1 is 1.39 bits per heavy atom. The first-order valence-corrected chi connectivity index (χ1v) is 7.49. The van der Waals surface area contributed by atoms with E-state index in [-0.39, 0.29) is 18.0 Å². The van der Waals surface area contributed by atoms with Crippen molar-refractivity contribution >= 4 is 35.3 Å². The lowest BCUT2D eigenvalue weighted by Gasteiger charge is -2.19. The normalized spacial score (nSPS) is 10.8. The molecule has 122 valence electrons. The monoisotopic (exact) mass is 333 g/mol. The molecule has 0 radical (unpaired) electrons. The standard InChI is InChI=1S/C17H20ClN3O2/c1-4-21(17(23)12(2)3)10-9-13(11-19)16(22)20-15-8-6-5-7-14(15)18/h5-9,11,19H,2,4,10H2,1,3H3,(H,20,22). The number of nitrogens with zero attached hydrogens (tertiary/aromatic N) is 1. The molecular weight excluding hydrogens is 314 g/mol. The minimum atomic E-state index is -0.452. The van der Waals surface area contributed by atoms with Crippen LogP contribution in [0.2, 0.25) is 5.02 Å². The molecule has 1 rings (SSSR count). The van der Waals surface area contributed by atoms with Crippen LogP contribution in [0.25, 0.3) is 0 Å². The van der Waals surface area contributed by atoms with Gasteiger partial charge in [-0.25, -0.2) is 0 Å². The predicted octanol–water partition coefficient (Wildman–Crippen LogP) is 3.28. The van der Waals surface area contributed by atoms with Crippen LogP contribution in [0.15, 0.2) is 48.1 Å². The average molecular weight is 334 g/mol. The van der Waals surface area contributed by atoms with Crippen molar-refractivity contribution in [1.82, 2.24) is 4.90 Å². The second kappa shape index (κ2) is 8.90. The Labute approximate surface area is 141 Å². The number of anilines is 1. The highest BCUT2D eigenvalue weighted by Crippen LogP contribution is 2.20. The number of hydrogen-bond donors (Lipinski definition) is 2. The number of nitrogens with one attached hydrogen (secondary N) is 2. The minimum Gasteiger partial charge on any atom is -0.335 e. The zero-order chi connectivity index (χ0) is 17.4. The third kappa shape index (κ3) is 5.38. The van der Waals surface area contributed by atoms with E-state index in [1.165, 1.54) is 11.0 Å². The van der Waals surface area contributed by atoms with Gasteiger partial charge in [0.1, 0.15) is 0 Å². The van der Waals surface area contributed by atoms with Crippen LogP contribution in [0, 0.1) is 5.41 Å². The lowest BCUT2D eigenvalue weighted by Crippen LogP contribution is -2.32. The predicted molar refractivity (Wildman–Crippen MR) is 94.0 cm³/mol. The molecule has 6 heteroatoms.